The number of hydrogen-bond acceptors (Lipinski definition) is 4. The number of nitrogens with one attached hydrogen (secondary N) is 1. The van der Waals surface area contributed by atoms with Gasteiger partial charge in [-0.25, -0.2) is 0 Å². The number of aromatic amines is 1. The summed E-state index contributed by atoms with van der Waals surface area (Å²) in [5.74, 6) is 1.76. The molecule has 2 amide bonds. The summed E-state index contributed by atoms with van der Waals surface area (Å²) in [7, 11) is 1.70. The van der Waals surface area contributed by atoms with Crippen molar-refractivity contribution < 1.29 is 19.1 Å². The molecule has 7 heteroatoms. The number of H-pyrrole nitrogens is 1. The first-order chi connectivity index (χ1) is 14.1. The lowest BCUT2D eigenvalue weighted by Gasteiger charge is -2.41. The monoisotopic (exact) mass is 391 g/mol. The van der Waals surface area contributed by atoms with E-state index in [1.54, 1.807) is 11.9 Å². The van der Waals surface area contributed by atoms with Crippen LogP contribution in [0, 0.1) is 0 Å². The number of fused-ring (bicyclic) bond motifs is 5. The third kappa shape index (κ3) is 2.99. The molecule has 0 radical (unpaired) electrons. The van der Waals surface area contributed by atoms with Crippen LogP contribution >= 0.6 is 0 Å². The highest BCUT2D eigenvalue weighted by Gasteiger charge is 2.41. The number of ether oxygens (including phenoxy) is 2. The maximum Gasteiger partial charge on any atom is 0.245 e. The van der Waals surface area contributed by atoms with Gasteiger partial charge in [-0.05, 0) is 23.8 Å². The quantitative estimate of drug-likeness (QED) is 0.638. The summed E-state index contributed by atoms with van der Waals surface area (Å²) >= 11 is 0. The molecule has 0 saturated carbocycles. The number of para-hydroxylation sites is 3. The standard InChI is InChI=1S/C15H15N3O2.C7H6O2/c1-17-8-14(19)18-7-12-10(6-13(18)15(17)20)9-4-2-3-5-11(9)16-12;1-2-4-7-6(3-1)8-5-9-7/h2-5,13,16H,6-8H2,1H3;1-4H,5H2/t13-;/m1./s1. The number of piperazine rings is 1. The molecule has 1 atom stereocenters. The Hall–Kier alpha value is -3.48. The van der Waals surface area contributed by atoms with Gasteiger partial charge in [0.1, 0.15) is 6.04 Å². The van der Waals surface area contributed by atoms with E-state index in [1.165, 1.54) is 10.5 Å². The predicted molar refractivity (Wildman–Crippen MR) is 107 cm³/mol. The maximum absolute atomic E-state index is 12.3. The van der Waals surface area contributed by atoms with Gasteiger partial charge in [-0.1, -0.05) is 30.3 Å². The van der Waals surface area contributed by atoms with Gasteiger partial charge in [0.25, 0.3) is 0 Å². The summed E-state index contributed by atoms with van der Waals surface area (Å²) < 4.78 is 10.2. The number of nitrogens with zero attached hydrogens (tertiary/aromatic N) is 2. The van der Waals surface area contributed by atoms with Crippen LogP contribution in [0.15, 0.2) is 48.5 Å². The van der Waals surface area contributed by atoms with Crippen LogP contribution in [0.25, 0.3) is 10.9 Å². The number of carbonyl (C=O) groups excluding carboxylic acids is 2. The number of rotatable bonds is 0. The molecule has 1 fully saturated rings. The average molecular weight is 391 g/mol. The summed E-state index contributed by atoms with van der Waals surface area (Å²) in [5.41, 5.74) is 3.32. The van der Waals surface area contributed by atoms with Crippen LogP contribution in [0.4, 0.5) is 0 Å². The van der Waals surface area contributed by atoms with E-state index in [9.17, 15) is 9.59 Å². The van der Waals surface area contributed by atoms with E-state index >= 15 is 0 Å². The first-order valence-corrected chi connectivity index (χ1v) is 9.59. The molecule has 1 saturated heterocycles. The molecule has 0 spiro atoms. The van der Waals surface area contributed by atoms with E-state index in [2.05, 4.69) is 11.1 Å². The molecule has 0 unspecified atom stereocenters. The summed E-state index contributed by atoms with van der Waals surface area (Å²) in [6.07, 6.45) is 0.605. The third-order valence-electron chi connectivity index (χ3n) is 5.64. The van der Waals surface area contributed by atoms with Crippen LogP contribution in [-0.4, -0.2) is 53.0 Å². The Morgan fingerprint density at radius 2 is 1.66 bits per heavy atom. The Kier molecular flexibility index (Phi) is 4.16. The fourth-order valence-electron chi connectivity index (χ4n) is 4.16. The van der Waals surface area contributed by atoms with Crippen molar-refractivity contribution >= 4 is 22.7 Å². The van der Waals surface area contributed by atoms with Crippen LogP contribution in [0.3, 0.4) is 0 Å². The lowest BCUT2D eigenvalue weighted by Crippen LogP contribution is -2.60. The first-order valence-electron chi connectivity index (χ1n) is 9.59. The first kappa shape index (κ1) is 17.6. The molecule has 1 aromatic heterocycles. The van der Waals surface area contributed by atoms with Crippen molar-refractivity contribution in [1.82, 2.24) is 14.8 Å². The van der Waals surface area contributed by atoms with Crippen LogP contribution < -0.4 is 9.47 Å². The number of aromatic nitrogens is 1. The highest BCUT2D eigenvalue weighted by atomic mass is 16.7. The molecule has 2 aromatic carbocycles. The number of hydrogen-bond donors (Lipinski definition) is 1. The normalized spacial score (nSPS) is 19.6. The van der Waals surface area contributed by atoms with E-state index in [4.69, 9.17) is 9.47 Å². The fraction of sp³-hybridized carbons (Fsp3) is 0.273. The maximum atomic E-state index is 12.3. The van der Waals surface area contributed by atoms with Crippen molar-refractivity contribution in [3.8, 4) is 11.5 Å². The van der Waals surface area contributed by atoms with Crippen molar-refractivity contribution in [2.75, 3.05) is 20.4 Å². The molecule has 29 heavy (non-hydrogen) atoms. The number of likely N-dealkylation sites (N-methyl/N-ethyl adjacent to an activating group) is 1. The van der Waals surface area contributed by atoms with Crippen molar-refractivity contribution in [3.63, 3.8) is 0 Å². The number of carbonyl (C=O) groups is 2. The second-order valence-electron chi connectivity index (χ2n) is 7.42. The molecule has 0 aliphatic carbocycles. The highest BCUT2D eigenvalue weighted by Crippen LogP contribution is 2.32. The van der Waals surface area contributed by atoms with Gasteiger partial charge in [0.2, 0.25) is 18.6 Å². The van der Waals surface area contributed by atoms with E-state index in [1.807, 2.05) is 42.5 Å². The minimum Gasteiger partial charge on any atom is -0.454 e. The zero-order valence-corrected chi connectivity index (χ0v) is 16.1. The molecule has 3 aromatic rings. The van der Waals surface area contributed by atoms with Crippen molar-refractivity contribution in [2.24, 2.45) is 0 Å². The lowest BCUT2D eigenvalue weighted by molar-refractivity contribution is -0.155. The average Bonchev–Trinajstić information content (AvgIpc) is 3.35. The van der Waals surface area contributed by atoms with Crippen molar-refractivity contribution in [1.29, 1.82) is 0 Å². The van der Waals surface area contributed by atoms with Crippen LogP contribution in [0.2, 0.25) is 0 Å². The van der Waals surface area contributed by atoms with E-state index in [-0.39, 0.29) is 24.4 Å². The molecular formula is C22H21N3O4. The minimum atomic E-state index is -0.340. The summed E-state index contributed by atoms with van der Waals surface area (Å²) in [4.78, 5) is 31.0. The summed E-state index contributed by atoms with van der Waals surface area (Å²) in [6.45, 7) is 1.05. The topological polar surface area (TPSA) is 74.9 Å². The van der Waals surface area contributed by atoms with Gasteiger partial charge in [0.05, 0.1) is 13.1 Å². The van der Waals surface area contributed by atoms with Crippen LogP contribution in [0.5, 0.6) is 11.5 Å². The zero-order chi connectivity index (χ0) is 20.0. The van der Waals surface area contributed by atoms with E-state index in [0.717, 1.165) is 28.1 Å². The zero-order valence-electron chi connectivity index (χ0n) is 16.1. The van der Waals surface area contributed by atoms with Gasteiger partial charge in [-0.3, -0.25) is 9.59 Å². The van der Waals surface area contributed by atoms with Crippen LogP contribution in [-0.2, 0) is 22.6 Å². The second-order valence-corrected chi connectivity index (χ2v) is 7.42. The molecule has 7 nitrogen and oxygen atoms in total. The SMILES string of the molecule is CN1CC(=O)N2Cc3[nH]c4ccccc4c3C[C@@H]2C1=O.c1ccc2c(c1)OCO2. The molecule has 6 rings (SSSR count). The minimum absolute atomic E-state index is 0.0291. The molecule has 3 aliphatic rings. The Morgan fingerprint density at radius 3 is 2.41 bits per heavy atom. The molecule has 1 N–H and O–H groups in total. The van der Waals surface area contributed by atoms with Crippen molar-refractivity contribution in [3.05, 3.63) is 59.8 Å². The summed E-state index contributed by atoms with van der Waals surface area (Å²) in [5, 5.41) is 1.16. The lowest BCUT2D eigenvalue weighted by atomic mass is 9.94. The molecule has 3 aliphatic heterocycles. The van der Waals surface area contributed by atoms with Gasteiger partial charge >= 0.3 is 0 Å². The Labute approximate surface area is 167 Å². The Balaban J connectivity index is 0.000000168. The van der Waals surface area contributed by atoms with Crippen LogP contribution in [0.1, 0.15) is 11.3 Å². The highest BCUT2D eigenvalue weighted by molar-refractivity contribution is 5.96. The Morgan fingerprint density at radius 1 is 0.966 bits per heavy atom. The number of amides is 2. The Bertz CT molecular complexity index is 1080. The number of benzene rings is 2. The van der Waals surface area contributed by atoms with Crippen molar-refractivity contribution in [2.45, 2.75) is 19.0 Å². The van der Waals surface area contributed by atoms with Gasteiger partial charge in [-0.2, -0.15) is 0 Å². The molecule has 0 bridgehead atoms. The molecule has 4 heterocycles. The van der Waals surface area contributed by atoms with Gasteiger partial charge in [0.15, 0.2) is 11.5 Å². The smallest absolute Gasteiger partial charge is 0.245 e. The predicted octanol–water partition coefficient (Wildman–Crippen LogP) is 2.31. The van der Waals surface area contributed by atoms with E-state index < -0.39 is 0 Å². The third-order valence-corrected chi connectivity index (χ3v) is 5.64. The second kappa shape index (κ2) is 6.84. The largest absolute Gasteiger partial charge is 0.454 e. The summed E-state index contributed by atoms with van der Waals surface area (Å²) in [6, 6.07) is 15.4. The van der Waals surface area contributed by atoms with Gasteiger partial charge in [0, 0.05) is 30.1 Å². The molecule has 148 valence electrons. The van der Waals surface area contributed by atoms with E-state index in [0.29, 0.717) is 19.8 Å². The van der Waals surface area contributed by atoms with Gasteiger partial charge in [-0.15, -0.1) is 0 Å². The molecular weight excluding hydrogens is 370 g/mol. The van der Waals surface area contributed by atoms with Gasteiger partial charge < -0.3 is 24.3 Å². The fourth-order valence-corrected chi connectivity index (χ4v) is 4.16.